The van der Waals surface area contributed by atoms with Gasteiger partial charge in [-0.1, -0.05) is 5.16 Å². The summed E-state index contributed by atoms with van der Waals surface area (Å²) in [5.41, 5.74) is 2.43. The van der Waals surface area contributed by atoms with Gasteiger partial charge in [0.25, 0.3) is 5.91 Å². The van der Waals surface area contributed by atoms with Gasteiger partial charge in [0.05, 0.1) is 5.69 Å². The third-order valence-electron chi connectivity index (χ3n) is 4.12. The van der Waals surface area contributed by atoms with E-state index in [1.165, 1.54) is 0 Å². The second-order valence-electron chi connectivity index (χ2n) is 5.74. The Hall–Kier alpha value is -2.11. The quantitative estimate of drug-likeness (QED) is 0.938. The van der Waals surface area contributed by atoms with Gasteiger partial charge in [0.15, 0.2) is 0 Å². The summed E-state index contributed by atoms with van der Waals surface area (Å²) in [5, 5.41) is 10.9. The zero-order valence-corrected chi connectivity index (χ0v) is 12.4. The number of H-pyrrole nitrogens is 1. The van der Waals surface area contributed by atoms with Crippen LogP contribution in [-0.2, 0) is 6.42 Å². The van der Waals surface area contributed by atoms with E-state index in [2.05, 4.69) is 15.4 Å². The van der Waals surface area contributed by atoms with Crippen LogP contribution in [0.5, 0.6) is 0 Å². The van der Waals surface area contributed by atoms with Crippen LogP contribution in [0.15, 0.2) is 16.8 Å². The molecule has 2 aromatic rings. The average Bonchev–Trinajstić information content (AvgIpc) is 3.09. The molecule has 3 rings (SSSR count). The fourth-order valence-corrected chi connectivity index (χ4v) is 3.07. The third-order valence-corrected chi connectivity index (χ3v) is 4.12. The summed E-state index contributed by atoms with van der Waals surface area (Å²) in [4.78, 5) is 14.6. The van der Waals surface area contributed by atoms with Crippen LogP contribution in [0.25, 0.3) is 0 Å². The first-order valence-electron chi connectivity index (χ1n) is 7.35. The van der Waals surface area contributed by atoms with Gasteiger partial charge < -0.3 is 9.42 Å². The summed E-state index contributed by atoms with van der Waals surface area (Å²) in [6.07, 6.45) is 4.88. The van der Waals surface area contributed by atoms with Crippen molar-refractivity contribution < 1.29 is 9.32 Å². The van der Waals surface area contributed by atoms with Crippen molar-refractivity contribution in [3.63, 3.8) is 0 Å². The molecule has 6 heteroatoms. The largest absolute Gasteiger partial charge is 0.361 e. The molecule has 0 aliphatic carbocycles. The van der Waals surface area contributed by atoms with E-state index in [1.807, 2.05) is 17.9 Å². The molecule has 112 valence electrons. The van der Waals surface area contributed by atoms with Crippen LogP contribution in [0, 0.1) is 19.8 Å². The smallest absolute Gasteiger partial charge is 0.259 e. The molecule has 0 spiro atoms. The van der Waals surface area contributed by atoms with E-state index in [1.54, 1.807) is 13.1 Å². The molecule has 0 radical (unpaired) electrons. The van der Waals surface area contributed by atoms with Crippen molar-refractivity contribution >= 4 is 5.91 Å². The summed E-state index contributed by atoms with van der Waals surface area (Å²) < 4.78 is 5.11. The number of rotatable bonds is 3. The summed E-state index contributed by atoms with van der Waals surface area (Å²) in [7, 11) is 0. The molecule has 1 atom stereocenters. The monoisotopic (exact) mass is 288 g/mol. The maximum atomic E-state index is 12.7. The van der Waals surface area contributed by atoms with Crippen molar-refractivity contribution in [1.29, 1.82) is 0 Å². The van der Waals surface area contributed by atoms with E-state index >= 15 is 0 Å². The predicted octanol–water partition coefficient (Wildman–Crippen LogP) is 2.11. The lowest BCUT2D eigenvalue weighted by molar-refractivity contribution is 0.0670. The van der Waals surface area contributed by atoms with Gasteiger partial charge in [-0.05, 0) is 45.1 Å². The van der Waals surface area contributed by atoms with Crippen LogP contribution in [0.3, 0.4) is 0 Å². The number of hydrogen-bond acceptors (Lipinski definition) is 4. The number of nitrogens with one attached hydrogen (secondary N) is 1. The Balaban J connectivity index is 1.69. The highest BCUT2D eigenvalue weighted by Crippen LogP contribution is 2.23. The number of carbonyl (C=O) groups is 1. The lowest BCUT2D eigenvalue weighted by Crippen LogP contribution is -2.40. The first-order valence-corrected chi connectivity index (χ1v) is 7.35. The minimum atomic E-state index is 0.0422. The Morgan fingerprint density at radius 2 is 2.38 bits per heavy atom. The number of nitrogens with zero attached hydrogens (tertiary/aromatic N) is 3. The molecule has 1 aliphatic heterocycles. The SMILES string of the molecule is Cc1noc(C)c1C(=O)N1CCC[C@@H](Cc2ccn[nH]2)C1. The topological polar surface area (TPSA) is 75.0 Å². The van der Waals surface area contributed by atoms with E-state index in [0.717, 1.165) is 38.0 Å². The molecular weight excluding hydrogens is 268 g/mol. The van der Waals surface area contributed by atoms with Crippen molar-refractivity contribution in [1.82, 2.24) is 20.3 Å². The number of amides is 1. The van der Waals surface area contributed by atoms with Crippen LogP contribution in [0.2, 0.25) is 0 Å². The molecule has 6 nitrogen and oxygen atoms in total. The van der Waals surface area contributed by atoms with E-state index in [4.69, 9.17) is 4.52 Å². The fourth-order valence-electron chi connectivity index (χ4n) is 3.07. The average molecular weight is 288 g/mol. The maximum absolute atomic E-state index is 12.7. The Morgan fingerprint density at radius 1 is 1.52 bits per heavy atom. The van der Waals surface area contributed by atoms with E-state index < -0.39 is 0 Å². The van der Waals surface area contributed by atoms with Gasteiger partial charge in [0, 0.05) is 25.0 Å². The molecule has 21 heavy (non-hydrogen) atoms. The van der Waals surface area contributed by atoms with Crippen LogP contribution >= 0.6 is 0 Å². The van der Waals surface area contributed by atoms with E-state index in [9.17, 15) is 4.79 Å². The Labute approximate surface area is 123 Å². The lowest BCUT2D eigenvalue weighted by atomic mass is 9.93. The molecule has 1 fully saturated rings. The van der Waals surface area contributed by atoms with E-state index in [-0.39, 0.29) is 5.91 Å². The molecule has 1 saturated heterocycles. The molecule has 1 N–H and O–H groups in total. The minimum absolute atomic E-state index is 0.0422. The summed E-state index contributed by atoms with van der Waals surface area (Å²) in [6.45, 7) is 5.19. The minimum Gasteiger partial charge on any atom is -0.361 e. The number of likely N-dealkylation sites (tertiary alicyclic amines) is 1. The van der Waals surface area contributed by atoms with Crippen LogP contribution in [0.4, 0.5) is 0 Å². The standard InChI is InChI=1S/C15H20N4O2/c1-10-14(11(2)21-18-10)15(20)19-7-3-4-12(9-19)8-13-5-6-16-17-13/h5-6,12H,3-4,7-9H2,1-2H3,(H,16,17)/t12-/m0/s1. The Kier molecular flexibility index (Phi) is 3.77. The number of piperidine rings is 1. The van der Waals surface area contributed by atoms with Crippen molar-refractivity contribution in [2.24, 2.45) is 5.92 Å². The second kappa shape index (κ2) is 5.71. The van der Waals surface area contributed by atoms with Crippen molar-refractivity contribution in [3.05, 3.63) is 35.0 Å². The van der Waals surface area contributed by atoms with Crippen molar-refractivity contribution in [2.45, 2.75) is 33.1 Å². The highest BCUT2D eigenvalue weighted by Gasteiger charge is 2.28. The highest BCUT2D eigenvalue weighted by atomic mass is 16.5. The van der Waals surface area contributed by atoms with Gasteiger partial charge in [-0.2, -0.15) is 5.10 Å². The molecule has 1 amide bonds. The zero-order valence-electron chi connectivity index (χ0n) is 12.4. The number of aromatic amines is 1. The van der Waals surface area contributed by atoms with Crippen LogP contribution in [0.1, 0.15) is 40.3 Å². The zero-order chi connectivity index (χ0) is 14.8. The molecule has 0 bridgehead atoms. The van der Waals surface area contributed by atoms with E-state index in [0.29, 0.717) is 22.9 Å². The predicted molar refractivity (Wildman–Crippen MR) is 76.9 cm³/mol. The van der Waals surface area contributed by atoms with Gasteiger partial charge in [0.1, 0.15) is 11.3 Å². The number of hydrogen-bond donors (Lipinski definition) is 1. The van der Waals surface area contributed by atoms with Crippen molar-refractivity contribution in [3.8, 4) is 0 Å². The summed E-state index contributed by atoms with van der Waals surface area (Å²) >= 11 is 0. The molecule has 0 unspecified atom stereocenters. The number of aryl methyl sites for hydroxylation is 2. The van der Waals surface area contributed by atoms with Crippen molar-refractivity contribution in [2.75, 3.05) is 13.1 Å². The molecule has 0 aromatic carbocycles. The van der Waals surface area contributed by atoms with Gasteiger partial charge in [0.2, 0.25) is 0 Å². The number of aromatic nitrogens is 3. The Morgan fingerprint density at radius 3 is 3.05 bits per heavy atom. The van der Waals surface area contributed by atoms with Crippen LogP contribution in [-0.4, -0.2) is 39.3 Å². The second-order valence-corrected chi connectivity index (χ2v) is 5.74. The van der Waals surface area contributed by atoms with Gasteiger partial charge in [-0.3, -0.25) is 9.89 Å². The lowest BCUT2D eigenvalue weighted by Gasteiger charge is -2.32. The first-order chi connectivity index (χ1) is 10.1. The highest BCUT2D eigenvalue weighted by molar-refractivity contribution is 5.96. The van der Waals surface area contributed by atoms with Gasteiger partial charge >= 0.3 is 0 Å². The normalized spacial score (nSPS) is 19.0. The van der Waals surface area contributed by atoms with Crippen LogP contribution < -0.4 is 0 Å². The molecule has 0 saturated carbocycles. The molecule has 1 aliphatic rings. The molecular formula is C15H20N4O2. The molecule has 2 aromatic heterocycles. The summed E-state index contributed by atoms with van der Waals surface area (Å²) in [6, 6.07) is 2.00. The first kappa shape index (κ1) is 13.9. The van der Waals surface area contributed by atoms with Gasteiger partial charge in [-0.15, -0.1) is 0 Å². The number of carbonyl (C=O) groups excluding carboxylic acids is 1. The maximum Gasteiger partial charge on any atom is 0.259 e. The molecule has 3 heterocycles. The fraction of sp³-hybridized carbons (Fsp3) is 0.533. The third kappa shape index (κ3) is 2.84. The van der Waals surface area contributed by atoms with Gasteiger partial charge in [-0.25, -0.2) is 0 Å². The Bertz CT molecular complexity index is 598. The summed E-state index contributed by atoms with van der Waals surface area (Å²) in [5.74, 6) is 1.12.